The van der Waals surface area contributed by atoms with Gasteiger partial charge in [-0.2, -0.15) is 0 Å². The smallest absolute Gasteiger partial charge is 0.147 e. The first kappa shape index (κ1) is 37.9. The maximum atomic E-state index is 7.10. The van der Waals surface area contributed by atoms with Crippen LogP contribution in [0.1, 0.15) is 0 Å². The molecule has 0 radical (unpaired) electrons. The van der Waals surface area contributed by atoms with Crippen LogP contribution >= 0.6 is 0 Å². The van der Waals surface area contributed by atoms with Crippen LogP contribution in [-0.4, -0.2) is 9.13 Å². The van der Waals surface area contributed by atoms with Crippen LogP contribution in [-0.2, 0) is 0 Å². The SMILES string of the molecule is c1ccc2c(c1)oc1ccc(-n3c4ccc(-n5c6ccccc6c6c7oc8ccccc8c7ccc65)cc4c4c5oc6ccc(-c7ccc8oc9ccc%10c%11ccccc%11oc%10c9c8c7)cc6c5ccc43)cc12. The zero-order chi connectivity index (χ0) is 47.2. The van der Waals surface area contributed by atoms with Gasteiger partial charge in [-0.25, -0.2) is 0 Å². The van der Waals surface area contributed by atoms with E-state index >= 15 is 0 Å². The van der Waals surface area contributed by atoms with Crippen LogP contribution in [0.2, 0.25) is 0 Å². The summed E-state index contributed by atoms with van der Waals surface area (Å²) in [6, 6.07) is 72.9. The van der Waals surface area contributed by atoms with Crippen LogP contribution in [0.25, 0.3) is 176 Å². The predicted octanol–water partition coefficient (Wildman–Crippen LogP) is 19.0. The number of benzene rings is 11. The van der Waals surface area contributed by atoms with E-state index in [1.807, 2.05) is 30.3 Å². The van der Waals surface area contributed by atoms with E-state index < -0.39 is 0 Å². The molecule has 0 saturated carbocycles. The van der Waals surface area contributed by atoms with Crippen LogP contribution in [0.5, 0.6) is 0 Å². The maximum absolute atomic E-state index is 7.10. The van der Waals surface area contributed by atoms with Gasteiger partial charge >= 0.3 is 0 Å². The second-order valence-corrected chi connectivity index (χ2v) is 19.5. The highest BCUT2D eigenvalue weighted by molar-refractivity contribution is 6.27. The molecule has 0 unspecified atom stereocenters. The first-order valence-electron chi connectivity index (χ1n) is 24.6. The van der Waals surface area contributed by atoms with E-state index in [0.717, 1.165) is 176 Å². The Morgan fingerprint density at radius 2 is 0.616 bits per heavy atom. The molecule has 0 amide bonds. The fourth-order valence-corrected chi connectivity index (χ4v) is 12.5. The number of hydrogen-bond donors (Lipinski definition) is 0. The van der Waals surface area contributed by atoms with Gasteiger partial charge in [0.25, 0.3) is 0 Å². The summed E-state index contributed by atoms with van der Waals surface area (Å²) in [6.45, 7) is 0. The molecule has 11 aromatic carbocycles. The van der Waals surface area contributed by atoms with Crippen molar-refractivity contribution in [1.29, 1.82) is 0 Å². The average Bonchev–Trinajstić information content (AvgIpc) is 4.34. The molecule has 7 nitrogen and oxygen atoms in total. The molecular weight excluding hydrogens is 901 g/mol. The molecule has 7 aromatic heterocycles. The van der Waals surface area contributed by atoms with Crippen molar-refractivity contribution in [3.8, 4) is 22.5 Å². The van der Waals surface area contributed by atoms with Crippen molar-refractivity contribution in [3.63, 3.8) is 0 Å². The van der Waals surface area contributed by atoms with Gasteiger partial charge in [-0.3, -0.25) is 0 Å². The molecule has 0 fully saturated rings. The standard InChI is InChI=1S/C66H34N2O5/c1-5-13-50-45(12-1)61-52(25-21-42-39-9-2-7-15-55(39)71-64(42)61)67(50)37-19-24-51-48(34-37)62-53(68(51)38-20-29-57-47(33-38)41-11-4-6-14-54(41)69-57)26-22-44-46-31-35(17-27-58(46)73-65(44)62)36-18-28-59-49(32-36)63-60(70-59)30-23-43-40-10-3-8-16-56(40)72-66(43)63/h1-34H. The van der Waals surface area contributed by atoms with Gasteiger partial charge in [-0.1, -0.05) is 84.9 Å². The molecule has 18 aromatic rings. The Labute approximate surface area is 411 Å². The van der Waals surface area contributed by atoms with Gasteiger partial charge in [0, 0.05) is 70.6 Å². The predicted molar refractivity (Wildman–Crippen MR) is 297 cm³/mol. The number of fused-ring (bicyclic) bond motifs is 24. The van der Waals surface area contributed by atoms with Crippen molar-refractivity contribution in [2.24, 2.45) is 0 Å². The van der Waals surface area contributed by atoms with Gasteiger partial charge in [-0.05, 0) is 132 Å². The average molecular weight is 935 g/mol. The second-order valence-electron chi connectivity index (χ2n) is 19.5. The number of nitrogens with zero attached hydrogens (tertiary/aromatic N) is 2. The van der Waals surface area contributed by atoms with E-state index in [2.05, 4.69) is 185 Å². The quantitative estimate of drug-likeness (QED) is 0.176. The van der Waals surface area contributed by atoms with Crippen molar-refractivity contribution >= 4 is 153 Å². The molecule has 0 N–H and O–H groups in total. The Morgan fingerprint density at radius 1 is 0.219 bits per heavy atom. The van der Waals surface area contributed by atoms with Crippen LogP contribution in [0.4, 0.5) is 0 Å². The number of furan rings is 5. The highest BCUT2D eigenvalue weighted by Crippen LogP contribution is 2.46. The lowest BCUT2D eigenvalue weighted by atomic mass is 10.00. The molecule has 0 bridgehead atoms. The molecule has 7 heterocycles. The Balaban J connectivity index is 0.882. The van der Waals surface area contributed by atoms with E-state index in [9.17, 15) is 0 Å². The van der Waals surface area contributed by atoms with E-state index in [1.165, 1.54) is 0 Å². The van der Waals surface area contributed by atoms with E-state index in [-0.39, 0.29) is 0 Å². The van der Waals surface area contributed by atoms with Crippen molar-refractivity contribution in [2.75, 3.05) is 0 Å². The van der Waals surface area contributed by atoms with Gasteiger partial charge in [0.1, 0.15) is 55.8 Å². The van der Waals surface area contributed by atoms with Crippen molar-refractivity contribution in [3.05, 3.63) is 206 Å². The fourth-order valence-electron chi connectivity index (χ4n) is 12.5. The molecule has 0 aliphatic carbocycles. The Morgan fingerprint density at radius 3 is 1.30 bits per heavy atom. The molecule has 0 saturated heterocycles. The molecule has 0 aliphatic rings. The largest absolute Gasteiger partial charge is 0.456 e. The van der Waals surface area contributed by atoms with Crippen LogP contribution < -0.4 is 0 Å². The minimum absolute atomic E-state index is 0.806. The van der Waals surface area contributed by atoms with Gasteiger partial charge < -0.3 is 31.2 Å². The molecule has 73 heavy (non-hydrogen) atoms. The summed E-state index contributed by atoms with van der Waals surface area (Å²) >= 11 is 0. The zero-order valence-corrected chi connectivity index (χ0v) is 38.6. The van der Waals surface area contributed by atoms with Crippen LogP contribution in [0, 0.1) is 0 Å². The topological polar surface area (TPSA) is 75.6 Å². The third kappa shape index (κ3) is 4.92. The zero-order valence-electron chi connectivity index (χ0n) is 38.6. The van der Waals surface area contributed by atoms with Crippen molar-refractivity contribution in [2.45, 2.75) is 0 Å². The number of rotatable bonds is 3. The van der Waals surface area contributed by atoms with Gasteiger partial charge in [0.2, 0.25) is 0 Å². The molecular formula is C66H34N2O5. The Kier molecular flexibility index (Phi) is 6.98. The first-order chi connectivity index (χ1) is 36.2. The molecule has 338 valence electrons. The Bertz CT molecular complexity index is 5470. The number of para-hydroxylation sites is 4. The normalized spacial score (nSPS) is 12.7. The van der Waals surface area contributed by atoms with Gasteiger partial charge in [0.05, 0.1) is 38.2 Å². The van der Waals surface area contributed by atoms with Crippen molar-refractivity contribution in [1.82, 2.24) is 9.13 Å². The summed E-state index contributed by atoms with van der Waals surface area (Å²) < 4.78 is 37.8. The summed E-state index contributed by atoms with van der Waals surface area (Å²) in [7, 11) is 0. The van der Waals surface area contributed by atoms with E-state index in [1.54, 1.807) is 0 Å². The summed E-state index contributed by atoms with van der Waals surface area (Å²) in [4.78, 5) is 0. The molecule has 0 aliphatic heterocycles. The monoisotopic (exact) mass is 934 g/mol. The minimum Gasteiger partial charge on any atom is -0.456 e. The molecule has 7 heteroatoms. The summed E-state index contributed by atoms with van der Waals surface area (Å²) in [5.41, 5.74) is 17.1. The van der Waals surface area contributed by atoms with Crippen molar-refractivity contribution < 1.29 is 22.1 Å². The number of aromatic nitrogens is 2. The second kappa shape index (κ2) is 13.5. The van der Waals surface area contributed by atoms with E-state index in [0.29, 0.717) is 0 Å². The lowest BCUT2D eigenvalue weighted by Crippen LogP contribution is -1.95. The fraction of sp³-hybridized carbons (Fsp3) is 0. The van der Waals surface area contributed by atoms with Gasteiger partial charge in [0.15, 0.2) is 0 Å². The first-order valence-corrected chi connectivity index (χ1v) is 24.6. The number of hydrogen-bond acceptors (Lipinski definition) is 5. The summed E-state index contributed by atoms with van der Waals surface area (Å²) in [5.74, 6) is 0. The van der Waals surface area contributed by atoms with E-state index in [4.69, 9.17) is 22.1 Å². The van der Waals surface area contributed by atoms with Gasteiger partial charge in [-0.15, -0.1) is 0 Å². The summed E-state index contributed by atoms with van der Waals surface area (Å²) in [5, 5.41) is 15.0. The third-order valence-corrected chi connectivity index (χ3v) is 15.7. The minimum atomic E-state index is 0.806. The third-order valence-electron chi connectivity index (χ3n) is 15.7. The lowest BCUT2D eigenvalue weighted by molar-refractivity contribution is 0.662. The summed E-state index contributed by atoms with van der Waals surface area (Å²) in [6.07, 6.45) is 0. The molecule has 0 spiro atoms. The van der Waals surface area contributed by atoms with Crippen LogP contribution in [0.15, 0.2) is 228 Å². The molecule has 0 atom stereocenters. The maximum Gasteiger partial charge on any atom is 0.147 e. The lowest BCUT2D eigenvalue weighted by Gasteiger charge is -2.10. The highest BCUT2D eigenvalue weighted by atomic mass is 16.4. The highest BCUT2D eigenvalue weighted by Gasteiger charge is 2.24. The molecule has 18 rings (SSSR count). The van der Waals surface area contributed by atoms with Crippen LogP contribution in [0.3, 0.4) is 0 Å². The Hall–Kier alpha value is -9.98.